The molecule has 1 unspecified atom stereocenters. The molecule has 2 aliphatic carbocycles. The monoisotopic (exact) mass is 516 g/mol. The Morgan fingerprint density at radius 2 is 1.91 bits per heavy atom. The van der Waals surface area contributed by atoms with Crippen molar-refractivity contribution in [3.63, 3.8) is 0 Å². The molecule has 4 nitrogen and oxygen atoms in total. The van der Waals surface area contributed by atoms with Crippen LogP contribution in [0.1, 0.15) is 35.6 Å². The van der Waals surface area contributed by atoms with Crippen molar-refractivity contribution in [2.24, 2.45) is 4.99 Å². The fraction of sp³-hybridized carbons (Fsp3) is 0.286. The molecule has 3 aromatic carbocycles. The third-order valence-electron chi connectivity index (χ3n) is 7.07. The third-order valence-corrected chi connectivity index (χ3v) is 9.52. The number of aliphatic imine (C=N–C) groups is 1. The fourth-order valence-electron chi connectivity index (χ4n) is 5.24. The quantitative estimate of drug-likeness (QED) is 0.288. The average Bonchev–Trinajstić information content (AvgIpc) is 3.38. The number of anilines is 1. The minimum absolute atomic E-state index is 0.492. The summed E-state index contributed by atoms with van der Waals surface area (Å²) < 4.78 is 1.11. The van der Waals surface area contributed by atoms with E-state index in [2.05, 4.69) is 63.7 Å². The molecule has 2 atom stereocenters. The molecule has 3 aliphatic rings. The van der Waals surface area contributed by atoms with Crippen LogP contribution in [0.25, 0.3) is 10.2 Å². The normalized spacial score (nSPS) is 22.1. The van der Waals surface area contributed by atoms with Gasteiger partial charge >= 0.3 is 0 Å². The number of hydrogen-bond acceptors (Lipinski definition) is 5. The molecule has 0 spiro atoms. The number of hydrogen-bond donors (Lipinski definition) is 1. The zero-order valence-electron chi connectivity index (χ0n) is 19.2. The van der Waals surface area contributed by atoms with Crippen molar-refractivity contribution in [1.82, 2.24) is 9.88 Å². The van der Waals surface area contributed by atoms with Gasteiger partial charge in [0, 0.05) is 22.9 Å². The van der Waals surface area contributed by atoms with Crippen molar-refractivity contribution >= 4 is 60.9 Å². The average molecular weight is 517 g/mol. The number of aromatic nitrogens is 1. The van der Waals surface area contributed by atoms with Crippen LogP contribution in [0.2, 0.25) is 5.02 Å². The van der Waals surface area contributed by atoms with Crippen molar-refractivity contribution in [1.29, 1.82) is 0 Å². The molecular formula is C28H25ClN4S2. The number of rotatable bonds is 6. The lowest BCUT2D eigenvalue weighted by atomic mass is 10.1. The lowest BCUT2D eigenvalue weighted by Gasteiger charge is -2.26. The van der Waals surface area contributed by atoms with Crippen LogP contribution in [0.3, 0.4) is 0 Å². The minimum atomic E-state index is 0.492. The highest BCUT2D eigenvalue weighted by Crippen LogP contribution is 2.53. The molecule has 0 bridgehead atoms. The van der Waals surface area contributed by atoms with Gasteiger partial charge in [0.25, 0.3) is 0 Å². The van der Waals surface area contributed by atoms with E-state index in [-0.39, 0.29) is 0 Å². The molecule has 7 heteroatoms. The molecule has 35 heavy (non-hydrogen) atoms. The number of nitrogens with one attached hydrogen (secondary N) is 1. The van der Waals surface area contributed by atoms with Crippen LogP contribution in [-0.4, -0.2) is 32.9 Å². The van der Waals surface area contributed by atoms with Crippen LogP contribution in [0.4, 0.5) is 10.8 Å². The third kappa shape index (κ3) is 4.22. The van der Waals surface area contributed by atoms with Crippen LogP contribution in [-0.2, 0) is 12.8 Å². The van der Waals surface area contributed by atoms with E-state index in [1.165, 1.54) is 34.7 Å². The first kappa shape index (κ1) is 21.7. The molecule has 0 amide bonds. The van der Waals surface area contributed by atoms with Gasteiger partial charge in [-0.2, -0.15) is 0 Å². The number of halogens is 1. The summed E-state index contributed by atoms with van der Waals surface area (Å²) in [6, 6.07) is 24.7. The first-order valence-electron chi connectivity index (χ1n) is 12.2. The second kappa shape index (κ2) is 8.84. The fourth-order valence-corrected chi connectivity index (χ4v) is 7.89. The van der Waals surface area contributed by atoms with E-state index in [4.69, 9.17) is 16.6 Å². The molecule has 2 heterocycles. The Hall–Kier alpha value is -2.54. The standard InChI is InChI=1S/C28H25ClN4S2/c29-19-7-12-23-24(16-19)34-27(32-23)30-14-13-17-5-8-20(9-6-17)31-28-33(21-10-11-21)26-22-4-2-1-3-18(22)15-25(26)35-28/h1-9,12,16,21,25-26H,10-11,13-15H2,(H,30,32)/b31-28-/t25?,26-/m0/s1. The summed E-state index contributed by atoms with van der Waals surface area (Å²) in [6.45, 7) is 0.843. The lowest BCUT2D eigenvalue weighted by molar-refractivity contribution is 0.330. The Bertz CT molecular complexity index is 1430. The van der Waals surface area contributed by atoms with Crippen LogP contribution < -0.4 is 5.32 Å². The topological polar surface area (TPSA) is 40.5 Å². The van der Waals surface area contributed by atoms with Crippen LogP contribution in [0.15, 0.2) is 71.7 Å². The van der Waals surface area contributed by atoms with Crippen LogP contribution in [0, 0.1) is 0 Å². The zero-order chi connectivity index (χ0) is 23.4. The van der Waals surface area contributed by atoms with Gasteiger partial charge in [0.15, 0.2) is 10.3 Å². The second-order valence-corrected chi connectivity index (χ2v) is 12.2. The second-order valence-electron chi connectivity index (χ2n) is 9.51. The van der Waals surface area contributed by atoms with Gasteiger partial charge < -0.3 is 10.2 Å². The van der Waals surface area contributed by atoms with Gasteiger partial charge in [-0.05, 0) is 72.7 Å². The van der Waals surface area contributed by atoms with Gasteiger partial charge in [-0.3, -0.25) is 0 Å². The molecule has 1 N–H and O–H groups in total. The van der Waals surface area contributed by atoms with Gasteiger partial charge in [0.05, 0.1) is 21.9 Å². The number of thioether (sulfide) groups is 1. The first-order valence-corrected chi connectivity index (χ1v) is 14.3. The Labute approximate surface area is 218 Å². The van der Waals surface area contributed by atoms with Crippen molar-refractivity contribution in [3.05, 3.63) is 88.4 Å². The summed E-state index contributed by atoms with van der Waals surface area (Å²) in [5.74, 6) is 0. The highest BCUT2D eigenvalue weighted by molar-refractivity contribution is 8.14. The van der Waals surface area contributed by atoms with E-state index in [9.17, 15) is 0 Å². The summed E-state index contributed by atoms with van der Waals surface area (Å²) in [7, 11) is 0. The van der Waals surface area contributed by atoms with Crippen molar-refractivity contribution < 1.29 is 0 Å². The van der Waals surface area contributed by atoms with E-state index < -0.39 is 0 Å². The number of amidine groups is 1. The first-order chi connectivity index (χ1) is 17.2. The van der Waals surface area contributed by atoms with Crippen molar-refractivity contribution in [2.75, 3.05) is 11.9 Å². The Morgan fingerprint density at radius 1 is 1.06 bits per heavy atom. The molecule has 176 valence electrons. The number of benzene rings is 3. The molecule has 4 aromatic rings. The van der Waals surface area contributed by atoms with E-state index in [0.29, 0.717) is 17.3 Å². The summed E-state index contributed by atoms with van der Waals surface area (Å²) in [5.41, 5.74) is 6.37. The van der Waals surface area contributed by atoms with Crippen molar-refractivity contribution in [3.8, 4) is 0 Å². The SMILES string of the molecule is Clc1ccc2nc(NCCc3ccc(/N=C4\SC5Cc6ccccc6[C@@H]5N4C4CC4)cc3)sc2c1. The Morgan fingerprint density at radius 3 is 2.77 bits per heavy atom. The predicted octanol–water partition coefficient (Wildman–Crippen LogP) is 7.47. The van der Waals surface area contributed by atoms with Crippen LogP contribution in [0.5, 0.6) is 0 Å². The molecule has 2 fully saturated rings. The molecule has 1 saturated heterocycles. The maximum Gasteiger partial charge on any atom is 0.183 e. The molecule has 1 aliphatic heterocycles. The number of fused-ring (bicyclic) bond motifs is 4. The van der Waals surface area contributed by atoms with E-state index in [1.807, 2.05) is 30.0 Å². The maximum atomic E-state index is 6.09. The van der Waals surface area contributed by atoms with Gasteiger partial charge in [0.2, 0.25) is 0 Å². The molecule has 0 radical (unpaired) electrons. The summed E-state index contributed by atoms with van der Waals surface area (Å²) >= 11 is 9.72. The molecule has 7 rings (SSSR count). The van der Waals surface area contributed by atoms with Gasteiger partial charge in [-0.25, -0.2) is 9.98 Å². The van der Waals surface area contributed by atoms with Gasteiger partial charge in [-0.1, -0.05) is 71.1 Å². The molecule has 1 saturated carbocycles. The zero-order valence-corrected chi connectivity index (χ0v) is 21.5. The van der Waals surface area contributed by atoms with Crippen LogP contribution >= 0.6 is 34.7 Å². The predicted molar refractivity (Wildman–Crippen MR) is 149 cm³/mol. The van der Waals surface area contributed by atoms with E-state index in [1.54, 1.807) is 11.3 Å². The lowest BCUT2D eigenvalue weighted by Crippen LogP contribution is -2.30. The van der Waals surface area contributed by atoms with E-state index >= 15 is 0 Å². The summed E-state index contributed by atoms with van der Waals surface area (Å²) in [6.07, 6.45) is 4.68. The highest BCUT2D eigenvalue weighted by atomic mass is 35.5. The number of thiazole rings is 1. The smallest absolute Gasteiger partial charge is 0.183 e. The largest absolute Gasteiger partial charge is 0.361 e. The van der Waals surface area contributed by atoms with Gasteiger partial charge in [-0.15, -0.1) is 0 Å². The summed E-state index contributed by atoms with van der Waals surface area (Å²) in [4.78, 5) is 12.4. The Balaban J connectivity index is 1.02. The molecular weight excluding hydrogens is 492 g/mol. The highest BCUT2D eigenvalue weighted by Gasteiger charge is 2.50. The molecule has 1 aromatic heterocycles. The summed E-state index contributed by atoms with van der Waals surface area (Å²) in [5, 5.41) is 6.95. The minimum Gasteiger partial charge on any atom is -0.361 e. The number of nitrogens with zero attached hydrogens (tertiary/aromatic N) is 3. The van der Waals surface area contributed by atoms with Crippen molar-refractivity contribution in [2.45, 2.75) is 43.0 Å². The van der Waals surface area contributed by atoms with Gasteiger partial charge in [0.1, 0.15) is 0 Å². The Kier molecular flexibility index (Phi) is 5.49. The maximum absolute atomic E-state index is 6.09. The van der Waals surface area contributed by atoms with E-state index in [0.717, 1.165) is 45.4 Å².